The van der Waals surface area contributed by atoms with E-state index < -0.39 is 0 Å². The maximum atomic E-state index is 13.5. The summed E-state index contributed by atoms with van der Waals surface area (Å²) >= 11 is 7.19. The first-order valence-corrected chi connectivity index (χ1v) is 13.4. The van der Waals surface area contributed by atoms with E-state index in [1.165, 1.54) is 0 Å². The first-order valence-electron chi connectivity index (χ1n) is 11.8. The number of hydrogen-bond donors (Lipinski definition) is 2. The van der Waals surface area contributed by atoms with Crippen molar-refractivity contribution < 1.29 is 4.79 Å². The number of likely N-dealkylation sites (N-methyl/N-ethyl adjacent to an activating group) is 2. The van der Waals surface area contributed by atoms with Crippen molar-refractivity contribution in [2.45, 2.75) is 12.3 Å². The first kappa shape index (κ1) is 25.6. The molecule has 0 aliphatic carbocycles. The predicted molar refractivity (Wildman–Crippen MR) is 144 cm³/mol. The largest absolute Gasteiger partial charge is 0.318 e. The molecule has 4 rings (SSSR count). The molecule has 0 spiro atoms. The van der Waals surface area contributed by atoms with Crippen LogP contribution in [0.25, 0.3) is 0 Å². The van der Waals surface area contributed by atoms with Crippen LogP contribution in [0.4, 0.5) is 4.79 Å². The van der Waals surface area contributed by atoms with Crippen LogP contribution in [-0.4, -0.2) is 92.1 Å². The summed E-state index contributed by atoms with van der Waals surface area (Å²) in [5, 5.41) is 6.59. The quantitative estimate of drug-likeness (QED) is 0.535. The van der Waals surface area contributed by atoms with Gasteiger partial charge in [0.15, 0.2) is 0 Å². The van der Waals surface area contributed by atoms with E-state index in [0.717, 1.165) is 72.4 Å². The van der Waals surface area contributed by atoms with Crippen LogP contribution >= 0.6 is 31.9 Å². The van der Waals surface area contributed by atoms with Crippen molar-refractivity contribution in [2.75, 3.05) is 66.5 Å². The Morgan fingerprint density at radius 2 is 1.09 bits per heavy atom. The number of piperazine rings is 2. The Hall–Kier alpha value is -1.49. The topological polar surface area (TPSA) is 54.1 Å². The van der Waals surface area contributed by atoms with Gasteiger partial charge in [-0.1, -0.05) is 56.1 Å². The number of nitrogens with zero attached hydrogens (tertiary/aromatic N) is 4. The molecule has 2 aromatic carbocycles. The second-order valence-electron chi connectivity index (χ2n) is 9.21. The lowest BCUT2D eigenvalue weighted by Gasteiger charge is -2.40. The highest BCUT2D eigenvalue weighted by atomic mass is 79.9. The number of halogens is 2. The van der Waals surface area contributed by atoms with Crippen molar-refractivity contribution in [3.05, 3.63) is 68.6 Å². The lowest BCUT2D eigenvalue weighted by Crippen LogP contribution is -2.55. The second-order valence-corrected chi connectivity index (χ2v) is 11.0. The van der Waals surface area contributed by atoms with Gasteiger partial charge in [0.05, 0.1) is 0 Å². The van der Waals surface area contributed by atoms with Crippen molar-refractivity contribution in [3.63, 3.8) is 0 Å². The molecule has 2 N–H and O–H groups in total. The van der Waals surface area contributed by atoms with Gasteiger partial charge in [0.1, 0.15) is 12.3 Å². The average Bonchev–Trinajstić information content (AvgIpc) is 2.82. The molecule has 2 saturated heterocycles. The van der Waals surface area contributed by atoms with E-state index in [9.17, 15) is 4.79 Å². The molecule has 184 valence electrons. The Morgan fingerprint density at radius 1 is 0.706 bits per heavy atom. The molecule has 2 heterocycles. The molecule has 2 aliphatic rings. The molecule has 9 heteroatoms. The molecule has 0 radical (unpaired) electrons. The van der Waals surface area contributed by atoms with Crippen LogP contribution in [0.5, 0.6) is 0 Å². The van der Waals surface area contributed by atoms with Gasteiger partial charge in [-0.2, -0.15) is 0 Å². The molecule has 2 amide bonds. The number of carbonyl (C=O) groups excluding carboxylic acids is 1. The molecule has 0 saturated carbocycles. The van der Waals surface area contributed by atoms with Crippen LogP contribution in [0.15, 0.2) is 57.5 Å². The normalized spacial score (nSPS) is 20.6. The zero-order valence-electron chi connectivity index (χ0n) is 19.9. The van der Waals surface area contributed by atoms with Crippen molar-refractivity contribution >= 4 is 37.9 Å². The van der Waals surface area contributed by atoms with E-state index in [0.29, 0.717) is 0 Å². The fourth-order valence-corrected chi connectivity index (χ4v) is 5.41. The van der Waals surface area contributed by atoms with Gasteiger partial charge in [-0.3, -0.25) is 9.80 Å². The Labute approximate surface area is 219 Å². The van der Waals surface area contributed by atoms with Crippen LogP contribution in [0, 0.1) is 0 Å². The van der Waals surface area contributed by atoms with Crippen molar-refractivity contribution in [1.29, 1.82) is 0 Å². The number of amides is 2. The Bertz CT molecular complexity index is 884. The first-order chi connectivity index (χ1) is 16.4. The molecule has 2 fully saturated rings. The molecule has 2 aromatic rings. The summed E-state index contributed by atoms with van der Waals surface area (Å²) in [7, 11) is 4.29. The fraction of sp³-hybridized carbons (Fsp3) is 0.480. The lowest BCUT2D eigenvalue weighted by atomic mass is 10.1. The predicted octanol–water partition coefficient (Wildman–Crippen LogP) is 3.70. The van der Waals surface area contributed by atoms with E-state index in [-0.39, 0.29) is 18.4 Å². The van der Waals surface area contributed by atoms with Crippen molar-refractivity contribution in [3.8, 4) is 0 Å². The molecule has 0 bridgehead atoms. The smallest absolute Gasteiger partial charge is 0.317 e. The summed E-state index contributed by atoms with van der Waals surface area (Å²) in [4.78, 5) is 22.8. The minimum Gasteiger partial charge on any atom is -0.318 e. The number of carbonyl (C=O) groups is 1. The zero-order valence-corrected chi connectivity index (χ0v) is 23.1. The third-order valence-electron chi connectivity index (χ3n) is 6.67. The van der Waals surface area contributed by atoms with Crippen LogP contribution in [0.3, 0.4) is 0 Å². The summed E-state index contributed by atoms with van der Waals surface area (Å²) in [5.41, 5.74) is 2.15. The second kappa shape index (κ2) is 12.0. The minimum absolute atomic E-state index is 0.159. The Kier molecular flexibility index (Phi) is 9.01. The van der Waals surface area contributed by atoms with Crippen LogP contribution < -0.4 is 10.6 Å². The monoisotopic (exact) mass is 592 g/mol. The van der Waals surface area contributed by atoms with Gasteiger partial charge in [0.25, 0.3) is 0 Å². The standard InChI is InChI=1S/C25H34Br2N6O/c1-30-9-13-32(14-10-30)23(19-5-3-7-21(26)17-19)28-25(34)29-24(20-6-4-8-22(27)18-20)33-15-11-31(2)12-16-33/h3-8,17-18,23-24H,9-16H2,1-2H3,(H2,28,29,34). The summed E-state index contributed by atoms with van der Waals surface area (Å²) in [6, 6.07) is 16.3. The van der Waals surface area contributed by atoms with Crippen LogP contribution in [-0.2, 0) is 0 Å². The number of rotatable bonds is 6. The molecule has 34 heavy (non-hydrogen) atoms. The number of nitrogens with one attached hydrogen (secondary N) is 2. The van der Waals surface area contributed by atoms with Gasteiger partial charge >= 0.3 is 6.03 Å². The summed E-state index contributed by atoms with van der Waals surface area (Å²) < 4.78 is 2.02. The Balaban J connectivity index is 1.53. The van der Waals surface area contributed by atoms with Gasteiger partial charge in [-0.05, 0) is 49.5 Å². The zero-order chi connectivity index (χ0) is 24.1. The minimum atomic E-state index is -0.193. The molecule has 0 aromatic heterocycles. The molecular weight excluding hydrogens is 560 g/mol. The Morgan fingerprint density at radius 3 is 1.44 bits per heavy atom. The highest BCUT2D eigenvalue weighted by Crippen LogP contribution is 2.25. The molecule has 2 atom stereocenters. The van der Waals surface area contributed by atoms with Gasteiger partial charge in [-0.15, -0.1) is 0 Å². The number of hydrogen-bond acceptors (Lipinski definition) is 5. The summed E-state index contributed by atoms with van der Waals surface area (Å²) in [5.74, 6) is 0. The van der Waals surface area contributed by atoms with E-state index in [1.54, 1.807) is 0 Å². The van der Waals surface area contributed by atoms with Gasteiger partial charge in [0.2, 0.25) is 0 Å². The van der Waals surface area contributed by atoms with Gasteiger partial charge < -0.3 is 20.4 Å². The third kappa shape index (κ3) is 6.80. The molecule has 7 nitrogen and oxygen atoms in total. The number of benzene rings is 2. The SMILES string of the molecule is CN1CCN(C(NC(=O)NC(c2cccc(Br)c2)N2CCN(C)CC2)c2cccc(Br)c2)CC1. The summed E-state index contributed by atoms with van der Waals surface area (Å²) in [6.07, 6.45) is -0.385. The lowest BCUT2D eigenvalue weighted by molar-refractivity contribution is 0.0856. The maximum absolute atomic E-state index is 13.5. The van der Waals surface area contributed by atoms with Gasteiger partial charge in [-0.25, -0.2) is 4.79 Å². The average molecular weight is 594 g/mol. The van der Waals surface area contributed by atoms with Gasteiger partial charge in [0, 0.05) is 61.3 Å². The van der Waals surface area contributed by atoms with E-state index >= 15 is 0 Å². The highest BCUT2D eigenvalue weighted by molar-refractivity contribution is 9.10. The highest BCUT2D eigenvalue weighted by Gasteiger charge is 2.29. The van der Waals surface area contributed by atoms with E-state index in [2.05, 4.69) is 100 Å². The molecular formula is C25H34Br2N6O. The van der Waals surface area contributed by atoms with E-state index in [4.69, 9.17) is 0 Å². The molecule has 2 aliphatic heterocycles. The van der Waals surface area contributed by atoms with Crippen LogP contribution in [0.1, 0.15) is 23.5 Å². The third-order valence-corrected chi connectivity index (χ3v) is 7.66. The van der Waals surface area contributed by atoms with Crippen molar-refractivity contribution in [2.24, 2.45) is 0 Å². The maximum Gasteiger partial charge on any atom is 0.317 e. The molecule has 2 unspecified atom stereocenters. The number of urea groups is 1. The van der Waals surface area contributed by atoms with E-state index in [1.807, 2.05) is 24.3 Å². The van der Waals surface area contributed by atoms with Crippen molar-refractivity contribution in [1.82, 2.24) is 30.2 Å². The summed E-state index contributed by atoms with van der Waals surface area (Å²) in [6.45, 7) is 7.54. The fourth-order valence-electron chi connectivity index (χ4n) is 4.57. The van der Waals surface area contributed by atoms with Crippen LogP contribution in [0.2, 0.25) is 0 Å².